The molecule has 0 aromatic rings. The topological polar surface area (TPSA) is 164 Å². The van der Waals surface area contributed by atoms with Gasteiger partial charge in [-0.15, -0.1) is 0 Å². The molecule has 0 bridgehead atoms. The molecule has 0 heterocycles. The van der Waals surface area contributed by atoms with Crippen molar-refractivity contribution in [3.8, 4) is 0 Å². The molecule has 0 aliphatic heterocycles. The molecule has 0 aliphatic rings. The summed E-state index contributed by atoms with van der Waals surface area (Å²) < 4.78 is 0. The van der Waals surface area contributed by atoms with Crippen LogP contribution in [0, 0.1) is 0 Å². The van der Waals surface area contributed by atoms with Gasteiger partial charge in [0, 0.05) is 33.4 Å². The maximum Gasteiger partial charge on any atom is 0.300 e. The summed E-state index contributed by atoms with van der Waals surface area (Å²) in [6.07, 6.45) is 2.19. The zero-order chi connectivity index (χ0) is 16.4. The van der Waals surface area contributed by atoms with E-state index in [0.29, 0.717) is 6.54 Å². The van der Waals surface area contributed by atoms with Crippen molar-refractivity contribution < 1.29 is 29.7 Å². The minimum Gasteiger partial charge on any atom is -0.481 e. The monoisotopic (exact) mass is 282 g/mol. The fourth-order valence-electron chi connectivity index (χ4n) is 0.489. The van der Waals surface area contributed by atoms with Crippen molar-refractivity contribution in [3.05, 3.63) is 0 Å². The van der Waals surface area contributed by atoms with E-state index in [-0.39, 0.29) is 6.04 Å². The minimum absolute atomic E-state index is 0.227. The predicted molar refractivity (Wildman–Crippen MR) is 71.9 cm³/mol. The average molecular weight is 282 g/mol. The third kappa shape index (κ3) is 302. The van der Waals surface area contributed by atoms with Crippen LogP contribution in [-0.2, 0) is 14.4 Å². The molecule has 1 unspecified atom stereocenters. The number of hydrogen-bond acceptors (Lipinski definition) is 5. The van der Waals surface area contributed by atoms with Gasteiger partial charge in [0.15, 0.2) is 0 Å². The molecule has 0 aromatic heterocycles. The highest BCUT2D eigenvalue weighted by Crippen LogP contribution is 1.88. The van der Waals surface area contributed by atoms with Gasteiger partial charge in [-0.1, -0.05) is 13.3 Å². The van der Waals surface area contributed by atoms with Crippen molar-refractivity contribution in [3.63, 3.8) is 0 Å². The number of carbonyl (C=O) groups is 3. The molecule has 8 heteroatoms. The van der Waals surface area contributed by atoms with E-state index in [1.807, 2.05) is 0 Å². The quantitative estimate of drug-likeness (QED) is 0.494. The van der Waals surface area contributed by atoms with Crippen molar-refractivity contribution in [2.24, 2.45) is 11.5 Å². The predicted octanol–water partition coefficient (Wildman–Crippen LogP) is 0.345. The van der Waals surface area contributed by atoms with Gasteiger partial charge < -0.3 is 26.8 Å². The summed E-state index contributed by atoms with van der Waals surface area (Å²) in [5.74, 6) is -2.50. The number of hydrogen-bond donors (Lipinski definition) is 5. The van der Waals surface area contributed by atoms with E-state index in [0.717, 1.165) is 33.6 Å². The molecule has 1 atom stereocenters. The van der Waals surface area contributed by atoms with Crippen molar-refractivity contribution >= 4 is 17.9 Å². The Bertz CT molecular complexity index is 193. The second kappa shape index (κ2) is 21.6. The molecule has 0 aliphatic carbocycles. The minimum atomic E-state index is -0.833. The lowest BCUT2D eigenvalue weighted by atomic mass is 10.2. The highest BCUT2D eigenvalue weighted by atomic mass is 16.4. The van der Waals surface area contributed by atoms with Crippen LogP contribution in [-0.4, -0.2) is 45.8 Å². The number of carboxylic acids is 3. The Kier molecular flexibility index (Phi) is 29.6. The number of aliphatic carboxylic acids is 3. The van der Waals surface area contributed by atoms with E-state index < -0.39 is 17.9 Å². The molecule has 116 valence electrons. The highest BCUT2D eigenvalue weighted by molar-refractivity contribution is 5.63. The molecule has 0 saturated heterocycles. The molecular weight excluding hydrogens is 256 g/mol. The van der Waals surface area contributed by atoms with Gasteiger partial charge >= 0.3 is 0 Å². The van der Waals surface area contributed by atoms with Gasteiger partial charge in [-0.25, -0.2) is 0 Å². The van der Waals surface area contributed by atoms with E-state index in [4.69, 9.17) is 41.2 Å². The maximum absolute atomic E-state index is 9.00. The summed E-state index contributed by atoms with van der Waals surface area (Å²) in [4.78, 5) is 27.0. The van der Waals surface area contributed by atoms with Crippen LogP contribution in [0.2, 0.25) is 0 Å². The van der Waals surface area contributed by atoms with E-state index in [1.165, 1.54) is 0 Å². The standard InChI is InChI=1S/C5H14N2.3C2H4O2/c1-2-3-5(7)4-6;3*1-2(3)4/h5H,2-4,6-7H2,1H3;3*1H3,(H,3,4). The van der Waals surface area contributed by atoms with E-state index in [2.05, 4.69) is 6.92 Å². The SMILES string of the molecule is CC(=O)O.CC(=O)O.CC(=O)O.CCCC(N)CN. The molecule has 0 amide bonds. The highest BCUT2D eigenvalue weighted by Gasteiger charge is 1.93. The Morgan fingerprint density at radius 3 is 1.21 bits per heavy atom. The van der Waals surface area contributed by atoms with E-state index in [1.54, 1.807) is 0 Å². The van der Waals surface area contributed by atoms with Crippen LogP contribution in [0.3, 0.4) is 0 Å². The summed E-state index contributed by atoms with van der Waals surface area (Å²) >= 11 is 0. The lowest BCUT2D eigenvalue weighted by Gasteiger charge is -2.03. The first-order valence-electron chi connectivity index (χ1n) is 5.55. The van der Waals surface area contributed by atoms with Crippen LogP contribution >= 0.6 is 0 Å². The molecule has 0 aromatic carbocycles. The smallest absolute Gasteiger partial charge is 0.300 e. The Morgan fingerprint density at radius 2 is 1.16 bits per heavy atom. The molecule has 0 fully saturated rings. The van der Waals surface area contributed by atoms with Gasteiger partial charge in [0.25, 0.3) is 17.9 Å². The fourth-order valence-corrected chi connectivity index (χ4v) is 0.489. The van der Waals surface area contributed by atoms with E-state index in [9.17, 15) is 0 Å². The average Bonchev–Trinajstić information content (AvgIpc) is 2.15. The van der Waals surface area contributed by atoms with Gasteiger partial charge in [0.1, 0.15) is 0 Å². The normalized spacial score (nSPS) is 9.16. The Morgan fingerprint density at radius 1 is 0.947 bits per heavy atom. The van der Waals surface area contributed by atoms with Crippen molar-refractivity contribution in [1.82, 2.24) is 0 Å². The zero-order valence-electron chi connectivity index (χ0n) is 11.9. The summed E-state index contributed by atoms with van der Waals surface area (Å²) in [5, 5.41) is 22.2. The third-order valence-corrected chi connectivity index (χ3v) is 0.962. The summed E-state index contributed by atoms with van der Waals surface area (Å²) in [6.45, 7) is 5.98. The maximum atomic E-state index is 9.00. The first kappa shape index (κ1) is 26.0. The Labute approximate surface area is 113 Å². The van der Waals surface area contributed by atoms with Crippen LogP contribution in [0.15, 0.2) is 0 Å². The first-order chi connectivity index (χ1) is 8.50. The summed E-state index contributed by atoms with van der Waals surface area (Å²) in [7, 11) is 0. The van der Waals surface area contributed by atoms with Crippen LogP contribution in [0.25, 0.3) is 0 Å². The van der Waals surface area contributed by atoms with Gasteiger partial charge in [-0.05, 0) is 6.42 Å². The van der Waals surface area contributed by atoms with Crippen molar-refractivity contribution in [1.29, 1.82) is 0 Å². The van der Waals surface area contributed by atoms with Crippen molar-refractivity contribution in [2.45, 2.75) is 46.6 Å². The summed E-state index contributed by atoms with van der Waals surface area (Å²) in [6, 6.07) is 0.227. The fraction of sp³-hybridized carbons (Fsp3) is 0.727. The lowest BCUT2D eigenvalue weighted by molar-refractivity contribution is -0.135. The molecule has 0 radical (unpaired) electrons. The molecule has 0 rings (SSSR count). The first-order valence-corrected chi connectivity index (χ1v) is 5.55. The zero-order valence-corrected chi connectivity index (χ0v) is 11.9. The van der Waals surface area contributed by atoms with Gasteiger partial charge in [0.2, 0.25) is 0 Å². The van der Waals surface area contributed by atoms with Crippen molar-refractivity contribution in [2.75, 3.05) is 6.54 Å². The molecule has 7 N–H and O–H groups in total. The molecule has 8 nitrogen and oxygen atoms in total. The number of nitrogens with two attached hydrogens (primary N) is 2. The van der Waals surface area contributed by atoms with Crippen LogP contribution in [0.1, 0.15) is 40.5 Å². The largest absolute Gasteiger partial charge is 0.481 e. The Hall–Kier alpha value is -1.67. The van der Waals surface area contributed by atoms with Gasteiger partial charge in [0.05, 0.1) is 0 Å². The number of rotatable bonds is 3. The molecular formula is C11H26N2O6. The van der Waals surface area contributed by atoms with Crippen LogP contribution in [0.4, 0.5) is 0 Å². The van der Waals surface area contributed by atoms with Crippen LogP contribution in [0.5, 0.6) is 0 Å². The van der Waals surface area contributed by atoms with Gasteiger partial charge in [-0.2, -0.15) is 0 Å². The third-order valence-electron chi connectivity index (χ3n) is 0.962. The summed E-state index contributed by atoms with van der Waals surface area (Å²) in [5.41, 5.74) is 10.7. The van der Waals surface area contributed by atoms with E-state index >= 15 is 0 Å². The second-order valence-corrected chi connectivity index (χ2v) is 3.34. The molecule has 0 saturated carbocycles. The number of carboxylic acid groups (broad SMARTS) is 3. The van der Waals surface area contributed by atoms with Gasteiger partial charge in [-0.3, -0.25) is 14.4 Å². The molecule has 0 spiro atoms. The molecule has 19 heavy (non-hydrogen) atoms. The van der Waals surface area contributed by atoms with Crippen LogP contribution < -0.4 is 11.5 Å². The Balaban J connectivity index is -0.0000000825. The lowest BCUT2D eigenvalue weighted by Crippen LogP contribution is -2.28. The second-order valence-electron chi connectivity index (χ2n) is 3.34.